The molecule has 1 unspecified atom stereocenters. The molecule has 0 bridgehead atoms. The molecule has 0 aliphatic carbocycles. The van der Waals surface area contributed by atoms with E-state index in [1.165, 1.54) is 24.3 Å². The van der Waals surface area contributed by atoms with Crippen LogP contribution in [0.4, 0.5) is 4.39 Å². The van der Waals surface area contributed by atoms with Crippen LogP contribution in [0.5, 0.6) is 0 Å². The molecule has 0 aliphatic rings. The molecule has 0 fully saturated rings. The van der Waals surface area contributed by atoms with Gasteiger partial charge in [0.25, 0.3) is 0 Å². The number of hydrogen-bond donors (Lipinski definition) is 0. The van der Waals surface area contributed by atoms with Crippen molar-refractivity contribution >= 4 is 11.6 Å². The third-order valence-electron chi connectivity index (χ3n) is 2.57. The van der Waals surface area contributed by atoms with Gasteiger partial charge in [-0.3, -0.25) is 9.59 Å². The standard InChI is InChI=1S/C14H14FNO2/c1-2-3-7-12(17)13(15)14(18)11-6-4-5-10(8-11)9-16/h4-6,8,13H,2-3,7H2,1H3. The van der Waals surface area contributed by atoms with E-state index in [2.05, 4.69) is 0 Å². The lowest BCUT2D eigenvalue weighted by Gasteiger charge is -2.06. The third-order valence-corrected chi connectivity index (χ3v) is 2.57. The van der Waals surface area contributed by atoms with Crippen LogP contribution in [0, 0.1) is 11.3 Å². The maximum atomic E-state index is 13.7. The van der Waals surface area contributed by atoms with Crippen LogP contribution in [0.3, 0.4) is 0 Å². The van der Waals surface area contributed by atoms with Crippen molar-refractivity contribution in [1.82, 2.24) is 0 Å². The van der Waals surface area contributed by atoms with Crippen LogP contribution in [0.25, 0.3) is 0 Å². The van der Waals surface area contributed by atoms with E-state index in [4.69, 9.17) is 5.26 Å². The lowest BCUT2D eigenvalue weighted by Crippen LogP contribution is -2.25. The average Bonchev–Trinajstić information content (AvgIpc) is 2.43. The van der Waals surface area contributed by atoms with E-state index in [1.807, 2.05) is 13.0 Å². The lowest BCUT2D eigenvalue weighted by atomic mass is 10.00. The molecule has 18 heavy (non-hydrogen) atoms. The van der Waals surface area contributed by atoms with Crippen molar-refractivity contribution in [2.24, 2.45) is 0 Å². The molecule has 0 saturated carbocycles. The minimum Gasteiger partial charge on any atom is -0.296 e. The van der Waals surface area contributed by atoms with Gasteiger partial charge in [0.2, 0.25) is 12.0 Å². The number of alkyl halides is 1. The number of hydrogen-bond acceptors (Lipinski definition) is 3. The molecule has 1 rings (SSSR count). The van der Waals surface area contributed by atoms with Crippen molar-refractivity contribution in [1.29, 1.82) is 5.26 Å². The third kappa shape index (κ3) is 3.49. The summed E-state index contributed by atoms with van der Waals surface area (Å²) in [6.07, 6.45) is -0.701. The van der Waals surface area contributed by atoms with Crippen LogP contribution < -0.4 is 0 Å². The van der Waals surface area contributed by atoms with Crippen molar-refractivity contribution in [2.45, 2.75) is 32.4 Å². The first kappa shape index (κ1) is 14.0. The van der Waals surface area contributed by atoms with E-state index in [9.17, 15) is 14.0 Å². The second-order valence-corrected chi connectivity index (χ2v) is 3.99. The van der Waals surface area contributed by atoms with Crippen LogP contribution in [0.1, 0.15) is 42.1 Å². The average molecular weight is 247 g/mol. The van der Waals surface area contributed by atoms with Gasteiger partial charge in [-0.25, -0.2) is 4.39 Å². The molecular formula is C14H14FNO2. The molecule has 0 aromatic heterocycles. The molecular weight excluding hydrogens is 233 g/mol. The highest BCUT2D eigenvalue weighted by molar-refractivity contribution is 6.13. The Hall–Kier alpha value is -2.02. The molecule has 1 aromatic carbocycles. The van der Waals surface area contributed by atoms with Gasteiger partial charge in [0, 0.05) is 12.0 Å². The van der Waals surface area contributed by atoms with Crippen molar-refractivity contribution in [3.8, 4) is 6.07 Å². The van der Waals surface area contributed by atoms with Gasteiger partial charge in [0.1, 0.15) is 0 Å². The molecule has 0 radical (unpaired) electrons. The molecule has 1 aromatic rings. The maximum Gasteiger partial charge on any atom is 0.220 e. The molecule has 4 heteroatoms. The zero-order chi connectivity index (χ0) is 13.5. The minimum atomic E-state index is -2.12. The topological polar surface area (TPSA) is 57.9 Å². The van der Waals surface area contributed by atoms with E-state index in [0.29, 0.717) is 6.42 Å². The van der Waals surface area contributed by atoms with Gasteiger partial charge in [-0.1, -0.05) is 25.5 Å². The zero-order valence-electron chi connectivity index (χ0n) is 10.1. The number of Topliss-reactive ketones (excluding diaryl/α,β-unsaturated/α-hetero) is 2. The highest BCUT2D eigenvalue weighted by atomic mass is 19.1. The second kappa shape index (κ2) is 6.65. The van der Waals surface area contributed by atoms with E-state index in [1.54, 1.807) is 0 Å². The van der Waals surface area contributed by atoms with Gasteiger partial charge >= 0.3 is 0 Å². The zero-order valence-corrected chi connectivity index (χ0v) is 10.1. The first-order valence-corrected chi connectivity index (χ1v) is 5.81. The number of carbonyl (C=O) groups is 2. The monoisotopic (exact) mass is 247 g/mol. The summed E-state index contributed by atoms with van der Waals surface area (Å²) in [5, 5.41) is 8.69. The van der Waals surface area contributed by atoms with Crippen molar-refractivity contribution < 1.29 is 14.0 Å². The van der Waals surface area contributed by atoms with Crippen LogP contribution in [0.15, 0.2) is 24.3 Å². The van der Waals surface area contributed by atoms with Crippen LogP contribution in [-0.4, -0.2) is 17.7 Å². The van der Waals surface area contributed by atoms with Gasteiger partial charge in [-0.2, -0.15) is 5.26 Å². The van der Waals surface area contributed by atoms with Gasteiger partial charge in [-0.15, -0.1) is 0 Å². The van der Waals surface area contributed by atoms with Crippen LogP contribution in [0.2, 0.25) is 0 Å². The summed E-state index contributed by atoms with van der Waals surface area (Å²) < 4.78 is 13.7. The van der Waals surface area contributed by atoms with E-state index >= 15 is 0 Å². The largest absolute Gasteiger partial charge is 0.296 e. The summed E-state index contributed by atoms with van der Waals surface area (Å²) in [5.41, 5.74) is 0.334. The van der Waals surface area contributed by atoms with E-state index in [0.717, 1.165) is 6.42 Å². The Kier molecular flexibility index (Phi) is 5.19. The summed E-state index contributed by atoms with van der Waals surface area (Å²) in [4.78, 5) is 23.1. The van der Waals surface area contributed by atoms with Gasteiger partial charge in [0.05, 0.1) is 11.6 Å². The number of benzene rings is 1. The molecule has 0 amide bonds. The summed E-state index contributed by atoms with van der Waals surface area (Å²) in [7, 11) is 0. The smallest absolute Gasteiger partial charge is 0.220 e. The van der Waals surface area contributed by atoms with Crippen LogP contribution in [-0.2, 0) is 4.79 Å². The fourth-order valence-corrected chi connectivity index (χ4v) is 1.51. The second-order valence-electron chi connectivity index (χ2n) is 3.99. The number of unbranched alkanes of at least 4 members (excludes halogenated alkanes) is 1. The Labute approximate surface area is 105 Å². The molecule has 0 heterocycles. The molecule has 0 aliphatic heterocycles. The van der Waals surface area contributed by atoms with Crippen molar-refractivity contribution in [2.75, 3.05) is 0 Å². The molecule has 3 nitrogen and oxygen atoms in total. The molecule has 1 atom stereocenters. The summed E-state index contributed by atoms with van der Waals surface area (Å²) in [6.45, 7) is 1.89. The first-order valence-electron chi connectivity index (χ1n) is 5.81. The molecule has 0 saturated heterocycles. The summed E-state index contributed by atoms with van der Waals surface area (Å²) in [5.74, 6) is -1.56. The highest BCUT2D eigenvalue weighted by Gasteiger charge is 2.26. The fourth-order valence-electron chi connectivity index (χ4n) is 1.51. The van der Waals surface area contributed by atoms with Gasteiger partial charge in [0.15, 0.2) is 5.78 Å². The van der Waals surface area contributed by atoms with E-state index < -0.39 is 17.7 Å². The molecule has 0 spiro atoms. The van der Waals surface area contributed by atoms with Crippen molar-refractivity contribution in [3.63, 3.8) is 0 Å². The number of nitriles is 1. The normalized spacial score (nSPS) is 11.6. The predicted molar refractivity (Wildman–Crippen MR) is 64.9 cm³/mol. The summed E-state index contributed by atoms with van der Waals surface area (Å²) >= 11 is 0. The molecule has 94 valence electrons. The summed E-state index contributed by atoms with van der Waals surface area (Å²) in [6, 6.07) is 7.58. The number of nitrogens with zero attached hydrogens (tertiary/aromatic N) is 1. The Morgan fingerprint density at radius 2 is 2.17 bits per heavy atom. The Balaban J connectivity index is 2.80. The van der Waals surface area contributed by atoms with Gasteiger partial charge in [-0.05, 0) is 18.6 Å². The predicted octanol–water partition coefficient (Wildman–Crippen LogP) is 2.84. The Morgan fingerprint density at radius 3 is 2.78 bits per heavy atom. The lowest BCUT2D eigenvalue weighted by molar-refractivity contribution is -0.122. The first-order chi connectivity index (χ1) is 8.60. The van der Waals surface area contributed by atoms with Gasteiger partial charge < -0.3 is 0 Å². The molecule has 0 N–H and O–H groups in total. The Bertz CT molecular complexity index is 491. The fraction of sp³-hybridized carbons (Fsp3) is 0.357. The van der Waals surface area contributed by atoms with E-state index in [-0.39, 0.29) is 17.5 Å². The minimum absolute atomic E-state index is 0.0615. The SMILES string of the molecule is CCCCC(=O)C(F)C(=O)c1cccc(C#N)c1. The number of rotatable bonds is 6. The number of ketones is 2. The number of halogens is 1. The maximum absolute atomic E-state index is 13.7. The highest BCUT2D eigenvalue weighted by Crippen LogP contribution is 2.12. The quantitative estimate of drug-likeness (QED) is 0.573. The van der Waals surface area contributed by atoms with Crippen molar-refractivity contribution in [3.05, 3.63) is 35.4 Å². The Morgan fingerprint density at radius 1 is 1.44 bits per heavy atom. The van der Waals surface area contributed by atoms with Crippen LogP contribution >= 0.6 is 0 Å². The number of carbonyl (C=O) groups excluding carboxylic acids is 2.